The third-order valence-electron chi connectivity index (χ3n) is 5.63. The number of aliphatic hydroxyl groups is 1. The minimum Gasteiger partial charge on any atom is -0.389 e. The molecular formula is C18H28BrNO. The van der Waals surface area contributed by atoms with E-state index in [0.717, 1.165) is 23.2 Å². The van der Waals surface area contributed by atoms with Crippen LogP contribution in [0.4, 0.5) is 0 Å². The van der Waals surface area contributed by atoms with Crippen molar-refractivity contribution in [3.63, 3.8) is 0 Å². The molecule has 0 aliphatic heterocycles. The van der Waals surface area contributed by atoms with Gasteiger partial charge in [-0.15, -0.1) is 0 Å². The first-order valence-corrected chi connectivity index (χ1v) is 8.88. The van der Waals surface area contributed by atoms with Crippen molar-refractivity contribution in [2.45, 2.75) is 58.0 Å². The summed E-state index contributed by atoms with van der Waals surface area (Å²) in [6.45, 7) is 4.82. The molecule has 0 saturated heterocycles. The molecule has 1 fully saturated rings. The highest BCUT2D eigenvalue weighted by atomic mass is 79.9. The molecule has 118 valence electrons. The maximum Gasteiger partial charge on any atom is 0.0727 e. The zero-order valence-corrected chi connectivity index (χ0v) is 14.8. The molecule has 1 aromatic carbocycles. The summed E-state index contributed by atoms with van der Waals surface area (Å²) in [4.78, 5) is 0. The highest BCUT2D eigenvalue weighted by molar-refractivity contribution is 9.10. The van der Waals surface area contributed by atoms with Crippen LogP contribution in [0.5, 0.6) is 0 Å². The lowest BCUT2D eigenvalue weighted by atomic mass is 9.60. The standard InChI is InChI=1S/C18H28BrNO/c1-3-14-8-10-18(13-20,11-9-14)17(2,21)12-15-4-6-16(19)7-5-15/h4-7,14,21H,3,8-13,20H2,1-2H3. The van der Waals surface area contributed by atoms with Crippen LogP contribution in [0.25, 0.3) is 0 Å². The summed E-state index contributed by atoms with van der Waals surface area (Å²) in [5.74, 6) is 0.813. The predicted molar refractivity (Wildman–Crippen MR) is 92.2 cm³/mol. The molecule has 1 unspecified atom stereocenters. The number of halogens is 1. The molecule has 0 heterocycles. The van der Waals surface area contributed by atoms with E-state index in [1.165, 1.54) is 24.8 Å². The first-order valence-electron chi connectivity index (χ1n) is 8.09. The van der Waals surface area contributed by atoms with E-state index >= 15 is 0 Å². The van der Waals surface area contributed by atoms with Crippen LogP contribution in [0.15, 0.2) is 28.7 Å². The average molecular weight is 354 g/mol. The van der Waals surface area contributed by atoms with Gasteiger partial charge in [-0.2, -0.15) is 0 Å². The van der Waals surface area contributed by atoms with Crippen molar-refractivity contribution in [2.24, 2.45) is 17.1 Å². The lowest BCUT2D eigenvalue weighted by Crippen LogP contribution is -2.53. The second-order valence-corrected chi connectivity index (χ2v) is 7.83. The van der Waals surface area contributed by atoms with E-state index in [1.807, 2.05) is 19.1 Å². The molecule has 1 aliphatic rings. The molecule has 3 N–H and O–H groups in total. The summed E-state index contributed by atoms with van der Waals surface area (Å²) in [5.41, 5.74) is 6.42. The third kappa shape index (κ3) is 3.69. The van der Waals surface area contributed by atoms with Crippen LogP contribution < -0.4 is 5.73 Å². The van der Waals surface area contributed by atoms with Crippen molar-refractivity contribution in [3.05, 3.63) is 34.3 Å². The molecule has 0 spiro atoms. The molecule has 2 rings (SSSR count). The van der Waals surface area contributed by atoms with E-state index in [4.69, 9.17) is 5.73 Å². The first kappa shape index (κ1) is 17.0. The van der Waals surface area contributed by atoms with Crippen molar-refractivity contribution in [2.75, 3.05) is 6.54 Å². The summed E-state index contributed by atoms with van der Waals surface area (Å²) in [6, 6.07) is 8.24. The van der Waals surface area contributed by atoms with E-state index in [2.05, 4.69) is 35.0 Å². The second kappa shape index (κ2) is 6.80. The van der Waals surface area contributed by atoms with Crippen LogP contribution in [-0.2, 0) is 6.42 Å². The van der Waals surface area contributed by atoms with Gasteiger partial charge in [-0.3, -0.25) is 0 Å². The van der Waals surface area contributed by atoms with Crippen molar-refractivity contribution in [3.8, 4) is 0 Å². The van der Waals surface area contributed by atoms with Crippen LogP contribution in [0.1, 0.15) is 51.5 Å². The van der Waals surface area contributed by atoms with Crippen LogP contribution in [0.2, 0.25) is 0 Å². The average Bonchev–Trinajstić information content (AvgIpc) is 2.49. The van der Waals surface area contributed by atoms with Gasteiger partial charge in [-0.1, -0.05) is 41.4 Å². The Morgan fingerprint density at radius 3 is 2.33 bits per heavy atom. The predicted octanol–water partition coefficient (Wildman–Crippen LogP) is 4.29. The maximum atomic E-state index is 11.2. The monoisotopic (exact) mass is 353 g/mol. The first-order chi connectivity index (χ1) is 9.92. The summed E-state index contributed by atoms with van der Waals surface area (Å²) >= 11 is 3.46. The van der Waals surface area contributed by atoms with Gasteiger partial charge in [0.05, 0.1) is 5.60 Å². The third-order valence-corrected chi connectivity index (χ3v) is 6.16. The van der Waals surface area contributed by atoms with Gasteiger partial charge in [0.25, 0.3) is 0 Å². The Labute approximate surface area is 137 Å². The summed E-state index contributed by atoms with van der Waals surface area (Å²) in [7, 11) is 0. The SMILES string of the molecule is CCC1CCC(CN)(C(C)(O)Cc2ccc(Br)cc2)CC1. The van der Waals surface area contributed by atoms with Gasteiger partial charge in [0.1, 0.15) is 0 Å². The van der Waals surface area contributed by atoms with Gasteiger partial charge in [0.15, 0.2) is 0 Å². The van der Waals surface area contributed by atoms with Crippen molar-refractivity contribution >= 4 is 15.9 Å². The molecule has 1 saturated carbocycles. The molecule has 3 heteroatoms. The number of hydrogen-bond donors (Lipinski definition) is 2. The van der Waals surface area contributed by atoms with E-state index in [-0.39, 0.29) is 5.41 Å². The lowest BCUT2D eigenvalue weighted by molar-refractivity contribution is -0.0912. The Morgan fingerprint density at radius 1 is 1.29 bits per heavy atom. The Kier molecular flexibility index (Phi) is 5.50. The summed E-state index contributed by atoms with van der Waals surface area (Å²) in [5, 5.41) is 11.2. The molecular weight excluding hydrogens is 326 g/mol. The molecule has 0 aromatic heterocycles. The van der Waals surface area contributed by atoms with Gasteiger partial charge in [-0.05, 0) is 56.2 Å². The van der Waals surface area contributed by atoms with Crippen molar-refractivity contribution < 1.29 is 5.11 Å². The molecule has 0 amide bonds. The quantitative estimate of drug-likeness (QED) is 0.829. The molecule has 21 heavy (non-hydrogen) atoms. The van der Waals surface area contributed by atoms with Gasteiger partial charge >= 0.3 is 0 Å². The maximum absolute atomic E-state index is 11.2. The summed E-state index contributed by atoms with van der Waals surface area (Å²) in [6.07, 6.45) is 6.41. The zero-order chi connectivity index (χ0) is 15.5. The van der Waals surface area contributed by atoms with Crippen LogP contribution >= 0.6 is 15.9 Å². The van der Waals surface area contributed by atoms with Crippen LogP contribution in [-0.4, -0.2) is 17.3 Å². The Morgan fingerprint density at radius 2 is 1.86 bits per heavy atom. The summed E-state index contributed by atoms with van der Waals surface area (Å²) < 4.78 is 1.07. The fraction of sp³-hybridized carbons (Fsp3) is 0.667. The highest BCUT2D eigenvalue weighted by Gasteiger charge is 2.47. The van der Waals surface area contributed by atoms with E-state index in [1.54, 1.807) is 0 Å². The van der Waals surface area contributed by atoms with E-state index < -0.39 is 5.60 Å². The van der Waals surface area contributed by atoms with Gasteiger partial charge < -0.3 is 10.8 Å². The van der Waals surface area contributed by atoms with Crippen LogP contribution in [0, 0.1) is 11.3 Å². The van der Waals surface area contributed by atoms with Crippen molar-refractivity contribution in [1.82, 2.24) is 0 Å². The van der Waals surface area contributed by atoms with E-state index in [0.29, 0.717) is 13.0 Å². The number of nitrogens with two attached hydrogens (primary N) is 1. The largest absolute Gasteiger partial charge is 0.389 e. The fourth-order valence-corrected chi connectivity index (χ4v) is 4.05. The molecule has 1 aromatic rings. The smallest absolute Gasteiger partial charge is 0.0727 e. The molecule has 2 nitrogen and oxygen atoms in total. The normalized spacial score (nSPS) is 29.1. The van der Waals surface area contributed by atoms with Gasteiger partial charge in [-0.25, -0.2) is 0 Å². The minimum atomic E-state index is -0.742. The van der Waals surface area contributed by atoms with E-state index in [9.17, 15) is 5.11 Å². The number of hydrogen-bond acceptors (Lipinski definition) is 2. The Hall–Kier alpha value is -0.380. The molecule has 1 aliphatic carbocycles. The number of rotatable bonds is 5. The minimum absolute atomic E-state index is 0.133. The lowest BCUT2D eigenvalue weighted by Gasteiger charge is -2.49. The second-order valence-electron chi connectivity index (χ2n) is 6.91. The molecule has 0 bridgehead atoms. The molecule has 0 radical (unpaired) electrons. The number of benzene rings is 1. The van der Waals surface area contributed by atoms with Gasteiger partial charge in [0.2, 0.25) is 0 Å². The highest BCUT2D eigenvalue weighted by Crippen LogP contribution is 2.47. The Balaban J connectivity index is 2.13. The molecule has 1 atom stereocenters. The van der Waals surface area contributed by atoms with Crippen molar-refractivity contribution in [1.29, 1.82) is 0 Å². The fourth-order valence-electron chi connectivity index (χ4n) is 3.79. The Bertz CT molecular complexity index is 447. The topological polar surface area (TPSA) is 46.2 Å². The van der Waals surface area contributed by atoms with Gasteiger partial charge in [0, 0.05) is 22.9 Å². The van der Waals surface area contributed by atoms with Crippen LogP contribution in [0.3, 0.4) is 0 Å². The zero-order valence-electron chi connectivity index (χ0n) is 13.2.